The van der Waals surface area contributed by atoms with Crippen molar-refractivity contribution in [1.29, 1.82) is 0 Å². The maximum atomic E-state index is 11.9. The van der Waals surface area contributed by atoms with Crippen LogP contribution in [-0.4, -0.2) is 31.0 Å². The van der Waals surface area contributed by atoms with Crippen LogP contribution in [0.2, 0.25) is 0 Å². The highest BCUT2D eigenvalue weighted by Crippen LogP contribution is 2.06. The van der Waals surface area contributed by atoms with E-state index in [-0.39, 0.29) is 18.2 Å². The molecule has 0 saturated heterocycles. The number of benzene rings is 1. The molecule has 0 aromatic heterocycles. The van der Waals surface area contributed by atoms with Gasteiger partial charge in [-0.15, -0.1) is 0 Å². The average Bonchev–Trinajstić information content (AvgIpc) is 2.48. The monoisotopic (exact) mass is 322 g/mol. The lowest BCUT2D eigenvalue weighted by Gasteiger charge is -2.24. The van der Waals surface area contributed by atoms with Crippen LogP contribution in [0.3, 0.4) is 0 Å². The number of carbonyl (C=O) groups is 1. The molecular weight excluding hydrogens is 292 g/mol. The summed E-state index contributed by atoms with van der Waals surface area (Å²) < 4.78 is 10.9. The van der Waals surface area contributed by atoms with Gasteiger partial charge in [-0.05, 0) is 32.3 Å². The van der Waals surface area contributed by atoms with Gasteiger partial charge in [0.1, 0.15) is 6.61 Å². The van der Waals surface area contributed by atoms with E-state index < -0.39 is 6.09 Å². The lowest BCUT2D eigenvalue weighted by atomic mass is 10.1. The third-order valence-corrected chi connectivity index (χ3v) is 3.29. The molecule has 0 aliphatic rings. The minimum Gasteiger partial charge on any atom is -0.445 e. The first-order valence-corrected chi connectivity index (χ1v) is 8.10. The van der Waals surface area contributed by atoms with Crippen LogP contribution in [-0.2, 0) is 16.1 Å². The minimum atomic E-state index is -0.397. The van der Waals surface area contributed by atoms with Crippen molar-refractivity contribution >= 4 is 6.09 Å². The molecule has 0 spiro atoms. The maximum Gasteiger partial charge on any atom is 0.407 e. The maximum absolute atomic E-state index is 11.9. The van der Waals surface area contributed by atoms with E-state index in [1.165, 1.54) is 0 Å². The van der Waals surface area contributed by atoms with Crippen LogP contribution in [0.1, 0.15) is 40.2 Å². The molecule has 1 aromatic carbocycles. The summed E-state index contributed by atoms with van der Waals surface area (Å²) >= 11 is 0. The van der Waals surface area contributed by atoms with Crippen LogP contribution in [0.4, 0.5) is 4.79 Å². The number of hydrogen-bond acceptors (Lipinski definition) is 4. The lowest BCUT2D eigenvalue weighted by Crippen LogP contribution is -2.46. The highest BCUT2D eigenvalue weighted by atomic mass is 16.5. The van der Waals surface area contributed by atoms with Crippen molar-refractivity contribution < 1.29 is 14.3 Å². The average molecular weight is 322 g/mol. The Kier molecular flexibility index (Phi) is 8.06. The Balaban J connectivity index is 2.32. The van der Waals surface area contributed by atoms with Gasteiger partial charge in [-0.3, -0.25) is 5.32 Å². The molecule has 0 fully saturated rings. The van der Waals surface area contributed by atoms with Crippen molar-refractivity contribution in [2.24, 2.45) is 5.92 Å². The molecule has 1 atom stereocenters. The van der Waals surface area contributed by atoms with Crippen molar-refractivity contribution in [3.8, 4) is 0 Å². The SMILES string of the molecule is CC(C)C(CNCOC(C)(C)C)NC(=O)OCc1ccccc1. The quantitative estimate of drug-likeness (QED) is 0.569. The van der Waals surface area contributed by atoms with Crippen molar-refractivity contribution in [1.82, 2.24) is 10.6 Å². The van der Waals surface area contributed by atoms with E-state index in [1.807, 2.05) is 51.1 Å². The Hall–Kier alpha value is -1.59. The van der Waals surface area contributed by atoms with Crippen LogP contribution >= 0.6 is 0 Å². The van der Waals surface area contributed by atoms with Crippen LogP contribution in [0, 0.1) is 5.92 Å². The van der Waals surface area contributed by atoms with Crippen molar-refractivity contribution in [3.63, 3.8) is 0 Å². The first kappa shape index (κ1) is 19.5. The van der Waals surface area contributed by atoms with Crippen molar-refractivity contribution in [2.75, 3.05) is 13.3 Å². The molecule has 0 aliphatic heterocycles. The number of ether oxygens (including phenoxy) is 2. The predicted octanol–water partition coefficient (Wildman–Crippen LogP) is 3.30. The first-order valence-electron chi connectivity index (χ1n) is 8.10. The fraction of sp³-hybridized carbons (Fsp3) is 0.611. The minimum absolute atomic E-state index is 0.0122. The molecule has 0 aliphatic carbocycles. The first-order chi connectivity index (χ1) is 10.8. The van der Waals surface area contributed by atoms with E-state index in [2.05, 4.69) is 24.5 Å². The molecule has 2 N–H and O–H groups in total. The van der Waals surface area contributed by atoms with Crippen molar-refractivity contribution in [3.05, 3.63) is 35.9 Å². The molecule has 1 aromatic rings. The Morgan fingerprint density at radius 3 is 2.39 bits per heavy atom. The molecule has 1 amide bonds. The van der Waals surface area contributed by atoms with Crippen LogP contribution < -0.4 is 10.6 Å². The summed E-state index contributed by atoms with van der Waals surface area (Å²) in [5.41, 5.74) is 0.794. The normalized spacial score (nSPS) is 13.0. The van der Waals surface area contributed by atoms with Gasteiger partial charge in [0.05, 0.1) is 12.3 Å². The number of carbonyl (C=O) groups excluding carboxylic acids is 1. The van der Waals surface area contributed by atoms with Gasteiger partial charge < -0.3 is 14.8 Å². The zero-order chi connectivity index (χ0) is 17.3. The van der Waals surface area contributed by atoms with E-state index in [1.54, 1.807) is 0 Å². The summed E-state index contributed by atoms with van der Waals surface area (Å²) in [4.78, 5) is 11.9. The van der Waals surface area contributed by atoms with Crippen LogP contribution in [0.25, 0.3) is 0 Å². The van der Waals surface area contributed by atoms with Gasteiger partial charge in [0, 0.05) is 12.6 Å². The van der Waals surface area contributed by atoms with E-state index in [9.17, 15) is 4.79 Å². The standard InChI is InChI=1S/C18H30N2O3/c1-14(2)16(11-19-13-23-18(3,4)5)20-17(21)22-12-15-9-7-6-8-10-15/h6-10,14,16,19H,11-13H2,1-5H3,(H,20,21). The molecule has 23 heavy (non-hydrogen) atoms. The highest BCUT2D eigenvalue weighted by Gasteiger charge is 2.17. The largest absolute Gasteiger partial charge is 0.445 e. The molecule has 0 bridgehead atoms. The van der Waals surface area contributed by atoms with Gasteiger partial charge >= 0.3 is 6.09 Å². The Morgan fingerprint density at radius 1 is 1.17 bits per heavy atom. The summed E-state index contributed by atoms with van der Waals surface area (Å²) in [5, 5.41) is 6.12. The smallest absolute Gasteiger partial charge is 0.407 e. The molecular formula is C18H30N2O3. The van der Waals surface area contributed by atoms with Crippen molar-refractivity contribution in [2.45, 2.75) is 52.9 Å². The fourth-order valence-electron chi connectivity index (χ4n) is 1.85. The number of alkyl carbamates (subject to hydrolysis) is 1. The van der Waals surface area contributed by atoms with Gasteiger partial charge in [0.2, 0.25) is 0 Å². The predicted molar refractivity (Wildman–Crippen MR) is 92.1 cm³/mol. The molecule has 1 rings (SSSR count). The summed E-state index contributed by atoms with van der Waals surface area (Å²) in [6.07, 6.45) is -0.397. The molecule has 5 nitrogen and oxygen atoms in total. The molecule has 1 unspecified atom stereocenters. The number of amides is 1. The third-order valence-electron chi connectivity index (χ3n) is 3.29. The van der Waals surface area contributed by atoms with Gasteiger partial charge in [-0.25, -0.2) is 4.79 Å². The lowest BCUT2D eigenvalue weighted by molar-refractivity contribution is -0.0142. The molecule has 130 valence electrons. The van der Waals surface area contributed by atoms with Crippen LogP contribution in [0.15, 0.2) is 30.3 Å². The van der Waals surface area contributed by atoms with Gasteiger partial charge in [0.15, 0.2) is 0 Å². The summed E-state index contributed by atoms with van der Waals surface area (Å²) in [7, 11) is 0. The van der Waals surface area contributed by atoms with E-state index in [0.717, 1.165) is 5.56 Å². The Morgan fingerprint density at radius 2 is 1.83 bits per heavy atom. The van der Waals surface area contributed by atoms with Gasteiger partial charge in [-0.2, -0.15) is 0 Å². The van der Waals surface area contributed by atoms with Crippen LogP contribution in [0.5, 0.6) is 0 Å². The molecule has 0 heterocycles. The zero-order valence-corrected chi connectivity index (χ0v) is 14.9. The highest BCUT2D eigenvalue weighted by molar-refractivity contribution is 5.67. The third kappa shape index (κ3) is 9.21. The zero-order valence-electron chi connectivity index (χ0n) is 14.9. The number of nitrogens with one attached hydrogen (secondary N) is 2. The van der Waals surface area contributed by atoms with Gasteiger partial charge in [-0.1, -0.05) is 44.2 Å². The summed E-state index contributed by atoms with van der Waals surface area (Å²) in [5.74, 6) is 0.293. The Bertz CT molecular complexity index is 455. The van der Waals surface area contributed by atoms with E-state index in [0.29, 0.717) is 19.2 Å². The summed E-state index contributed by atoms with van der Waals surface area (Å²) in [6.45, 7) is 11.5. The fourth-order valence-corrected chi connectivity index (χ4v) is 1.85. The Labute approximate surface area is 139 Å². The summed E-state index contributed by atoms with van der Waals surface area (Å²) in [6, 6.07) is 9.63. The number of rotatable bonds is 8. The second kappa shape index (κ2) is 9.53. The topological polar surface area (TPSA) is 59.6 Å². The number of hydrogen-bond donors (Lipinski definition) is 2. The molecule has 0 saturated carbocycles. The molecule has 5 heteroatoms. The second-order valence-electron chi connectivity index (χ2n) is 6.91. The van der Waals surface area contributed by atoms with Gasteiger partial charge in [0.25, 0.3) is 0 Å². The van der Waals surface area contributed by atoms with E-state index in [4.69, 9.17) is 9.47 Å². The second-order valence-corrected chi connectivity index (χ2v) is 6.91. The van der Waals surface area contributed by atoms with E-state index >= 15 is 0 Å². The molecule has 0 radical (unpaired) electrons.